The number of aryl methyl sites for hydroxylation is 2. The number of benzene rings is 1. The molecule has 1 aromatic heterocycles. The number of aliphatic imine (C=N–C) groups is 1. The Labute approximate surface area is 174 Å². The minimum Gasteiger partial charge on any atom is -0.357 e. The average Bonchev–Trinajstić information content (AvgIpc) is 3.15. The lowest BCUT2D eigenvalue weighted by Gasteiger charge is -2.27. The first-order valence-corrected chi connectivity index (χ1v) is 10.8. The van der Waals surface area contributed by atoms with Crippen LogP contribution < -0.4 is 10.6 Å². The first kappa shape index (κ1) is 21.3. The molecule has 7 nitrogen and oxygen atoms in total. The minimum atomic E-state index is 0.323. The fourth-order valence-corrected chi connectivity index (χ4v) is 3.53. The standard InChI is InChI=1S/C22H35N7/c1-5-20-26-21-13-12-19(16-29(21)27-20)25-22(23-6-2)24-14-17(3)28(4)15-18-10-8-7-9-11-18/h7-11,17,19H,5-6,12-16H2,1-4H3,(H2,23,24,25). The second kappa shape index (κ2) is 10.4. The van der Waals surface area contributed by atoms with E-state index < -0.39 is 0 Å². The molecule has 2 heterocycles. The number of hydrogen-bond donors (Lipinski definition) is 2. The first-order chi connectivity index (χ1) is 14.1. The molecule has 1 aromatic carbocycles. The molecule has 29 heavy (non-hydrogen) atoms. The summed E-state index contributed by atoms with van der Waals surface area (Å²) < 4.78 is 2.06. The lowest BCUT2D eigenvalue weighted by atomic mass is 10.1. The largest absolute Gasteiger partial charge is 0.357 e. The highest BCUT2D eigenvalue weighted by atomic mass is 15.4. The summed E-state index contributed by atoms with van der Waals surface area (Å²) in [4.78, 5) is 11.8. The second-order valence-corrected chi connectivity index (χ2v) is 7.83. The van der Waals surface area contributed by atoms with Gasteiger partial charge < -0.3 is 10.6 Å². The number of likely N-dealkylation sites (N-methyl/N-ethyl adjacent to an activating group) is 1. The van der Waals surface area contributed by atoms with E-state index >= 15 is 0 Å². The molecule has 0 spiro atoms. The Kier molecular flexibility index (Phi) is 7.63. The molecule has 1 aliphatic heterocycles. The fourth-order valence-electron chi connectivity index (χ4n) is 3.53. The summed E-state index contributed by atoms with van der Waals surface area (Å²) in [5.74, 6) is 2.94. The van der Waals surface area contributed by atoms with Crippen molar-refractivity contribution in [2.45, 2.75) is 65.2 Å². The molecule has 0 fully saturated rings. The normalized spacial score (nSPS) is 17.8. The van der Waals surface area contributed by atoms with E-state index in [2.05, 4.69) is 88.4 Å². The van der Waals surface area contributed by atoms with Gasteiger partial charge in [0.15, 0.2) is 11.8 Å². The molecule has 0 saturated carbocycles. The van der Waals surface area contributed by atoms with E-state index in [4.69, 9.17) is 4.99 Å². The molecular weight excluding hydrogens is 362 g/mol. The molecule has 0 amide bonds. The zero-order chi connectivity index (χ0) is 20.6. The molecule has 0 aliphatic carbocycles. The van der Waals surface area contributed by atoms with Gasteiger partial charge in [0.2, 0.25) is 0 Å². The van der Waals surface area contributed by atoms with Crippen LogP contribution in [0.4, 0.5) is 0 Å². The molecule has 2 aromatic rings. The highest BCUT2D eigenvalue weighted by Crippen LogP contribution is 2.13. The number of guanidine groups is 1. The third kappa shape index (κ3) is 6.03. The highest BCUT2D eigenvalue weighted by molar-refractivity contribution is 5.80. The Morgan fingerprint density at radius 3 is 2.83 bits per heavy atom. The van der Waals surface area contributed by atoms with Crippen molar-refractivity contribution in [3.05, 3.63) is 47.5 Å². The summed E-state index contributed by atoms with van der Waals surface area (Å²) in [5.41, 5.74) is 1.33. The van der Waals surface area contributed by atoms with Gasteiger partial charge >= 0.3 is 0 Å². The van der Waals surface area contributed by atoms with Gasteiger partial charge in [-0.3, -0.25) is 9.89 Å². The number of rotatable bonds is 8. The molecule has 3 rings (SSSR count). The van der Waals surface area contributed by atoms with Crippen LogP contribution in [0.15, 0.2) is 35.3 Å². The molecule has 2 N–H and O–H groups in total. The van der Waals surface area contributed by atoms with Crippen molar-refractivity contribution >= 4 is 5.96 Å². The van der Waals surface area contributed by atoms with Crippen molar-refractivity contribution in [2.24, 2.45) is 4.99 Å². The SMILES string of the molecule is CCNC(=NCC(C)N(C)Cc1ccccc1)NC1CCc2nc(CC)nn2C1. The number of hydrogen-bond acceptors (Lipinski definition) is 4. The van der Waals surface area contributed by atoms with Gasteiger partial charge in [0.25, 0.3) is 0 Å². The summed E-state index contributed by atoms with van der Waals surface area (Å²) in [6.45, 7) is 9.80. The van der Waals surface area contributed by atoms with Gasteiger partial charge in [-0.05, 0) is 32.9 Å². The maximum absolute atomic E-state index is 4.86. The second-order valence-electron chi connectivity index (χ2n) is 7.83. The van der Waals surface area contributed by atoms with Crippen LogP contribution in [-0.2, 0) is 25.9 Å². The molecule has 7 heteroatoms. The summed E-state index contributed by atoms with van der Waals surface area (Å²) in [7, 11) is 2.16. The van der Waals surface area contributed by atoms with Crippen molar-refractivity contribution in [2.75, 3.05) is 20.1 Å². The maximum Gasteiger partial charge on any atom is 0.191 e. The zero-order valence-corrected chi connectivity index (χ0v) is 18.2. The van der Waals surface area contributed by atoms with Crippen molar-refractivity contribution in [3.63, 3.8) is 0 Å². The van der Waals surface area contributed by atoms with E-state index in [-0.39, 0.29) is 0 Å². The van der Waals surface area contributed by atoms with E-state index in [1.54, 1.807) is 0 Å². The van der Waals surface area contributed by atoms with Crippen LogP contribution in [0.1, 0.15) is 44.4 Å². The lowest BCUT2D eigenvalue weighted by Crippen LogP contribution is -2.47. The van der Waals surface area contributed by atoms with Gasteiger partial charge in [-0.2, -0.15) is 5.10 Å². The summed E-state index contributed by atoms with van der Waals surface area (Å²) in [6.07, 6.45) is 2.90. The highest BCUT2D eigenvalue weighted by Gasteiger charge is 2.22. The molecule has 2 atom stereocenters. The van der Waals surface area contributed by atoms with E-state index in [1.165, 1.54) is 5.56 Å². The summed E-state index contributed by atoms with van der Waals surface area (Å²) in [5, 5.41) is 11.6. The van der Waals surface area contributed by atoms with Crippen LogP contribution >= 0.6 is 0 Å². The fraction of sp³-hybridized carbons (Fsp3) is 0.591. The summed E-state index contributed by atoms with van der Waals surface area (Å²) in [6, 6.07) is 11.3. The number of fused-ring (bicyclic) bond motifs is 1. The Balaban J connectivity index is 1.55. The van der Waals surface area contributed by atoms with E-state index in [9.17, 15) is 0 Å². The summed E-state index contributed by atoms with van der Waals surface area (Å²) >= 11 is 0. The number of nitrogens with one attached hydrogen (secondary N) is 2. The topological polar surface area (TPSA) is 70.4 Å². The van der Waals surface area contributed by atoms with Crippen LogP contribution in [0.3, 0.4) is 0 Å². The van der Waals surface area contributed by atoms with Crippen molar-refractivity contribution < 1.29 is 0 Å². The molecule has 0 radical (unpaired) electrons. The van der Waals surface area contributed by atoms with Crippen LogP contribution in [0.5, 0.6) is 0 Å². The van der Waals surface area contributed by atoms with Gasteiger partial charge in [-0.1, -0.05) is 37.3 Å². The molecule has 2 unspecified atom stereocenters. The Bertz CT molecular complexity index is 784. The Morgan fingerprint density at radius 1 is 1.31 bits per heavy atom. The van der Waals surface area contributed by atoms with Crippen LogP contribution in [0, 0.1) is 0 Å². The van der Waals surface area contributed by atoms with Crippen LogP contribution in [-0.4, -0.2) is 57.8 Å². The van der Waals surface area contributed by atoms with Gasteiger partial charge in [0.05, 0.1) is 13.1 Å². The van der Waals surface area contributed by atoms with Crippen molar-refractivity contribution in [1.29, 1.82) is 0 Å². The average molecular weight is 398 g/mol. The number of nitrogens with zero attached hydrogens (tertiary/aromatic N) is 5. The van der Waals surface area contributed by atoms with Gasteiger partial charge in [0.1, 0.15) is 5.82 Å². The maximum atomic E-state index is 4.86. The van der Waals surface area contributed by atoms with Gasteiger partial charge in [0, 0.05) is 38.0 Å². The van der Waals surface area contributed by atoms with E-state index in [0.29, 0.717) is 12.1 Å². The van der Waals surface area contributed by atoms with Crippen LogP contribution in [0.2, 0.25) is 0 Å². The van der Waals surface area contributed by atoms with Crippen molar-refractivity contribution in [1.82, 2.24) is 30.3 Å². The Morgan fingerprint density at radius 2 is 2.10 bits per heavy atom. The predicted octanol–water partition coefficient (Wildman–Crippen LogP) is 2.23. The molecule has 1 aliphatic rings. The van der Waals surface area contributed by atoms with Gasteiger partial charge in [-0.25, -0.2) is 9.67 Å². The zero-order valence-electron chi connectivity index (χ0n) is 18.2. The van der Waals surface area contributed by atoms with Gasteiger partial charge in [-0.15, -0.1) is 0 Å². The predicted molar refractivity (Wildman–Crippen MR) is 118 cm³/mol. The monoisotopic (exact) mass is 397 g/mol. The molecule has 158 valence electrons. The van der Waals surface area contributed by atoms with E-state index in [1.807, 2.05) is 0 Å². The molecule has 0 saturated heterocycles. The lowest BCUT2D eigenvalue weighted by molar-refractivity contribution is 0.255. The quantitative estimate of drug-likeness (QED) is 0.528. The Hall–Kier alpha value is -2.41. The van der Waals surface area contributed by atoms with E-state index in [0.717, 1.165) is 63.0 Å². The minimum absolute atomic E-state index is 0.323. The third-order valence-corrected chi connectivity index (χ3v) is 5.44. The van der Waals surface area contributed by atoms with Crippen LogP contribution in [0.25, 0.3) is 0 Å². The first-order valence-electron chi connectivity index (χ1n) is 10.8. The third-order valence-electron chi connectivity index (χ3n) is 5.44. The molecule has 0 bridgehead atoms. The smallest absolute Gasteiger partial charge is 0.191 e. The molecular formula is C22H35N7. The number of aromatic nitrogens is 3. The van der Waals surface area contributed by atoms with Crippen molar-refractivity contribution in [3.8, 4) is 0 Å².